The van der Waals surface area contributed by atoms with Crippen LogP contribution in [0.2, 0.25) is 54.4 Å². The maximum absolute atomic E-state index is 12.3. The van der Waals surface area contributed by atoms with Gasteiger partial charge in [0.15, 0.2) is 28.8 Å². The Morgan fingerprint density at radius 3 is 1.02 bits per heavy atom. The first-order valence-electron chi connectivity index (χ1n) is 14.9. The topological polar surface area (TPSA) is 135 Å². The third-order valence-corrected chi connectivity index (χ3v) is 22.1. The number of hydrogen-bond acceptors (Lipinski definition) is 9. The van der Waals surface area contributed by atoms with Gasteiger partial charge in [-0.3, -0.25) is 0 Å². The van der Waals surface area contributed by atoms with Crippen LogP contribution in [-0.4, -0.2) is 78.4 Å². The molecule has 0 aliphatic carbocycles. The van der Waals surface area contributed by atoms with Gasteiger partial charge < -0.3 is 27.9 Å². The van der Waals surface area contributed by atoms with E-state index in [1.165, 1.54) is 6.92 Å². The summed E-state index contributed by atoms with van der Waals surface area (Å²) in [6.07, 6.45) is -3.54. The number of hydrogen-bond donors (Lipinski definition) is 1. The van der Waals surface area contributed by atoms with Crippen LogP contribution in [0.3, 0.4) is 0 Å². The molecular weight excluding hydrogens is 605 g/mol. The summed E-state index contributed by atoms with van der Waals surface area (Å²) in [7, 11) is -6.38. The molecule has 4 atom stereocenters. The number of ether oxygens (including phenoxy) is 2. The fourth-order valence-corrected chi connectivity index (χ4v) is 6.10. The van der Waals surface area contributed by atoms with Crippen molar-refractivity contribution in [1.82, 2.24) is 0 Å². The number of carbonyl (C=O) groups is 4. The first-order valence-corrected chi connectivity index (χ1v) is 23.6. The largest absolute Gasteiger partial charge is 0.516 e. The van der Waals surface area contributed by atoms with Crippen LogP contribution >= 0.6 is 0 Å². The smallest absolute Gasteiger partial charge is 0.344 e. The molecule has 0 saturated heterocycles. The fraction of sp³-hybridized carbons (Fsp3) is 0.867. The standard InChI is InChI=1S/C18H38O5Si2.C12H24O5Si/c1-13(16(20)23-25(11,12)18(6,7)8)21-15(19)14(2)22-24(9,10)17(3,4)5;1-8(10(13)14)16-11(15)9(2)17-18(6,7)12(3,4)5/h13-14H,1-12H3;8-9H,1-7H3,(H,13,14)/t13-,14-;8-,9-/m00/s1. The highest BCUT2D eigenvalue weighted by molar-refractivity contribution is 6.75. The molecule has 0 aromatic heterocycles. The van der Waals surface area contributed by atoms with Gasteiger partial charge in [0.25, 0.3) is 8.32 Å². The highest BCUT2D eigenvalue weighted by Crippen LogP contribution is 2.39. The molecule has 0 spiro atoms. The molecular formula is C30H62O10Si3. The van der Waals surface area contributed by atoms with Gasteiger partial charge in [0, 0.05) is 0 Å². The van der Waals surface area contributed by atoms with Gasteiger partial charge in [0.2, 0.25) is 0 Å². The number of esters is 2. The minimum absolute atomic E-state index is 0.00554. The van der Waals surface area contributed by atoms with E-state index in [2.05, 4.69) is 75.4 Å². The molecule has 43 heavy (non-hydrogen) atoms. The minimum Gasteiger partial charge on any atom is -0.516 e. The molecule has 10 nitrogen and oxygen atoms in total. The van der Waals surface area contributed by atoms with Crippen LogP contribution in [-0.2, 0) is 41.9 Å². The molecule has 0 aromatic carbocycles. The predicted molar refractivity (Wildman–Crippen MR) is 178 cm³/mol. The van der Waals surface area contributed by atoms with Crippen LogP contribution < -0.4 is 0 Å². The van der Waals surface area contributed by atoms with Crippen molar-refractivity contribution in [2.24, 2.45) is 0 Å². The lowest BCUT2D eigenvalue weighted by Gasteiger charge is -2.38. The molecule has 0 amide bonds. The van der Waals surface area contributed by atoms with E-state index in [0.29, 0.717) is 0 Å². The van der Waals surface area contributed by atoms with Crippen molar-refractivity contribution in [3.05, 3.63) is 0 Å². The molecule has 0 aromatic rings. The Balaban J connectivity index is 0. The van der Waals surface area contributed by atoms with E-state index in [0.717, 1.165) is 0 Å². The number of carbonyl (C=O) groups excluding carboxylic acids is 3. The highest BCUT2D eigenvalue weighted by atomic mass is 28.4. The van der Waals surface area contributed by atoms with Crippen molar-refractivity contribution in [3.8, 4) is 0 Å². The van der Waals surface area contributed by atoms with E-state index < -0.39 is 73.2 Å². The van der Waals surface area contributed by atoms with E-state index in [9.17, 15) is 19.2 Å². The lowest BCUT2D eigenvalue weighted by molar-refractivity contribution is -0.167. The second kappa shape index (κ2) is 15.6. The SMILES string of the molecule is C[C@H](OC(=O)[C@H](C)O[Si](C)(C)C(C)(C)C)C(=O)O.C[C@H](OC(=O)[C@H](C)O[Si](C)(C)C(C)(C)C)C(=O)O[Si](C)(C)C(C)(C)C. The predicted octanol–water partition coefficient (Wildman–Crippen LogP) is 7.29. The van der Waals surface area contributed by atoms with Crippen molar-refractivity contribution in [3.63, 3.8) is 0 Å². The summed E-state index contributed by atoms with van der Waals surface area (Å²) in [6, 6.07) is 0. The van der Waals surface area contributed by atoms with Crippen LogP contribution in [0.4, 0.5) is 0 Å². The minimum atomic E-state index is -2.24. The van der Waals surface area contributed by atoms with Gasteiger partial charge in [-0.05, 0) is 82.1 Å². The molecule has 0 aliphatic heterocycles. The van der Waals surface area contributed by atoms with Crippen molar-refractivity contribution >= 4 is 48.8 Å². The lowest BCUT2D eigenvalue weighted by atomic mass is 10.2. The summed E-state index contributed by atoms with van der Waals surface area (Å²) < 4.78 is 27.6. The van der Waals surface area contributed by atoms with E-state index in [1.807, 2.05) is 26.2 Å². The number of carboxylic acids is 1. The summed E-state index contributed by atoms with van der Waals surface area (Å²) in [5.41, 5.74) is 0. The number of rotatable bonds is 11. The van der Waals surface area contributed by atoms with Crippen molar-refractivity contribution in [1.29, 1.82) is 0 Å². The normalized spacial score (nSPS) is 16.1. The van der Waals surface area contributed by atoms with Crippen LogP contribution in [0.15, 0.2) is 0 Å². The van der Waals surface area contributed by atoms with E-state index in [-0.39, 0.29) is 15.1 Å². The molecule has 0 aliphatic rings. The van der Waals surface area contributed by atoms with E-state index >= 15 is 0 Å². The summed E-state index contributed by atoms with van der Waals surface area (Å²) in [5, 5.41) is 8.55. The molecule has 0 bridgehead atoms. The summed E-state index contributed by atoms with van der Waals surface area (Å²) in [4.78, 5) is 46.9. The maximum Gasteiger partial charge on any atom is 0.344 e. The van der Waals surface area contributed by atoms with Crippen LogP contribution in [0.25, 0.3) is 0 Å². The highest BCUT2D eigenvalue weighted by Gasteiger charge is 2.43. The zero-order valence-electron chi connectivity index (χ0n) is 30.4. The third kappa shape index (κ3) is 14.4. The molecule has 0 radical (unpaired) electrons. The first-order chi connectivity index (χ1) is 18.7. The Labute approximate surface area is 264 Å². The Bertz CT molecular complexity index is 957. The number of carboxylic acid groups (broad SMARTS) is 1. The van der Waals surface area contributed by atoms with Crippen LogP contribution in [0.5, 0.6) is 0 Å². The Morgan fingerprint density at radius 2 is 0.767 bits per heavy atom. The molecule has 13 heteroatoms. The molecule has 0 rings (SSSR count). The Kier molecular flexibility index (Phi) is 15.8. The van der Waals surface area contributed by atoms with Crippen LogP contribution in [0, 0.1) is 0 Å². The lowest BCUT2D eigenvalue weighted by Crippen LogP contribution is -2.47. The fourth-order valence-electron chi connectivity index (χ4n) is 2.46. The molecule has 1 N–H and O–H groups in total. The van der Waals surface area contributed by atoms with Crippen molar-refractivity contribution in [2.75, 3.05) is 0 Å². The van der Waals surface area contributed by atoms with Gasteiger partial charge in [-0.1, -0.05) is 62.3 Å². The van der Waals surface area contributed by atoms with E-state index in [4.69, 9.17) is 27.9 Å². The average Bonchev–Trinajstić information content (AvgIpc) is 2.75. The van der Waals surface area contributed by atoms with Gasteiger partial charge >= 0.3 is 23.9 Å². The molecule has 0 saturated carbocycles. The first kappa shape index (κ1) is 43.6. The zero-order chi connectivity index (χ0) is 35.2. The van der Waals surface area contributed by atoms with Crippen molar-refractivity contribution < 1.29 is 47.0 Å². The molecule has 254 valence electrons. The van der Waals surface area contributed by atoms with Gasteiger partial charge in [0.05, 0.1) is 0 Å². The molecule has 0 fully saturated rings. The molecule has 0 unspecified atom stereocenters. The summed E-state index contributed by atoms with van der Waals surface area (Å²) in [5.74, 6) is -2.80. The average molecular weight is 667 g/mol. The Morgan fingerprint density at radius 1 is 0.488 bits per heavy atom. The second-order valence-corrected chi connectivity index (χ2v) is 30.0. The third-order valence-electron chi connectivity index (χ3n) is 8.65. The van der Waals surface area contributed by atoms with Gasteiger partial charge in [-0.15, -0.1) is 0 Å². The monoisotopic (exact) mass is 666 g/mol. The maximum atomic E-state index is 12.3. The zero-order valence-corrected chi connectivity index (χ0v) is 33.4. The van der Waals surface area contributed by atoms with Crippen molar-refractivity contribution in [2.45, 2.75) is 169 Å². The van der Waals surface area contributed by atoms with Gasteiger partial charge in [-0.25, -0.2) is 19.2 Å². The quantitative estimate of drug-likeness (QED) is 0.177. The second-order valence-electron chi connectivity index (χ2n) is 15.7. The van der Waals surface area contributed by atoms with Gasteiger partial charge in [0.1, 0.15) is 12.2 Å². The molecule has 0 heterocycles. The van der Waals surface area contributed by atoms with Gasteiger partial charge in [-0.2, -0.15) is 0 Å². The van der Waals surface area contributed by atoms with Crippen LogP contribution in [0.1, 0.15) is 90.0 Å². The summed E-state index contributed by atoms with van der Waals surface area (Å²) in [6.45, 7) is 37.0. The number of aliphatic carboxylic acids is 1. The van der Waals surface area contributed by atoms with E-state index in [1.54, 1.807) is 20.8 Å². The summed E-state index contributed by atoms with van der Waals surface area (Å²) >= 11 is 0. The Hall–Kier alpha value is -1.55.